The number of nitrogens with zero attached hydrogens (tertiary/aromatic N) is 1. The molecule has 1 aliphatic heterocycles. The van der Waals surface area contributed by atoms with Gasteiger partial charge in [-0.3, -0.25) is 14.5 Å². The van der Waals surface area contributed by atoms with Crippen molar-refractivity contribution in [3.05, 3.63) is 45.5 Å². The van der Waals surface area contributed by atoms with E-state index in [4.69, 9.17) is 0 Å². The first kappa shape index (κ1) is 26.2. The van der Waals surface area contributed by atoms with Crippen molar-refractivity contribution in [3.8, 4) is 5.75 Å². The molecule has 0 radical (unpaired) electrons. The number of phenolic OH excluding ortho intramolecular Hbond substituents is 1. The summed E-state index contributed by atoms with van der Waals surface area (Å²) in [6.45, 7) is 9.65. The Hall–Kier alpha value is -2.44. The molecular weight excluding hydrogens is 430 g/mol. The minimum atomic E-state index is -0.789. The van der Waals surface area contributed by atoms with E-state index in [2.05, 4.69) is 13.0 Å². The topological polar surface area (TPSA) is 98.1 Å². The smallest absolute Gasteiger partial charge is 0.233 e. The summed E-state index contributed by atoms with van der Waals surface area (Å²) < 4.78 is 0. The molecule has 0 bridgehead atoms. The predicted octanol–water partition coefficient (Wildman–Crippen LogP) is 4.14. The van der Waals surface area contributed by atoms with E-state index < -0.39 is 23.9 Å². The minimum absolute atomic E-state index is 0.109. The van der Waals surface area contributed by atoms with Crippen LogP contribution in [0.25, 0.3) is 6.08 Å². The lowest BCUT2D eigenvalue weighted by atomic mass is 9.66. The van der Waals surface area contributed by atoms with Crippen molar-refractivity contribution in [3.63, 3.8) is 0 Å². The molecular formula is C28H39NO5. The summed E-state index contributed by atoms with van der Waals surface area (Å²) in [5, 5.41) is 31.7. The number of carbonyl (C=O) groups is 2. The minimum Gasteiger partial charge on any atom is -0.507 e. The van der Waals surface area contributed by atoms with E-state index in [0.717, 1.165) is 34.3 Å². The molecule has 2 amide bonds. The lowest BCUT2D eigenvalue weighted by molar-refractivity contribution is -0.138. The Labute approximate surface area is 203 Å². The number of aliphatic hydroxyl groups excluding tert-OH is 2. The molecule has 0 aromatic heterocycles. The molecule has 1 aromatic carbocycles. The molecule has 1 aromatic rings. The Kier molecular flexibility index (Phi) is 8.04. The number of aryl methyl sites for hydroxylation is 2. The number of aliphatic hydroxyl groups is 2. The maximum Gasteiger partial charge on any atom is 0.233 e. The molecule has 1 aliphatic carbocycles. The summed E-state index contributed by atoms with van der Waals surface area (Å²) in [5.41, 5.74) is 5.61. The standard InChI is InChI=1S/C28H39NO5/c1-7-18(12-19-10-16(4)26(32)17(5)11-19)8-9-23(31)24-20(15(2)3)13-21-25(22(24)14-30)28(34)29(6)27(21)33/h10-12,15,21-23,25,30-32H,7-9,13-14H2,1-6H3/b18-12+/t21-,22+,23-,25-/m1/s1. The quantitative estimate of drug-likeness (QED) is 0.393. The van der Waals surface area contributed by atoms with Gasteiger partial charge in [0, 0.05) is 13.0 Å². The fourth-order valence-corrected chi connectivity index (χ4v) is 5.74. The Morgan fingerprint density at radius 2 is 1.79 bits per heavy atom. The number of fused-ring (bicyclic) bond motifs is 1. The lowest BCUT2D eigenvalue weighted by Gasteiger charge is -2.38. The van der Waals surface area contributed by atoms with Crippen molar-refractivity contribution in [2.24, 2.45) is 23.7 Å². The second-order valence-electron chi connectivity index (χ2n) is 10.2. The lowest BCUT2D eigenvalue weighted by Crippen LogP contribution is -2.39. The van der Waals surface area contributed by atoms with Gasteiger partial charge in [0.1, 0.15) is 5.75 Å². The van der Waals surface area contributed by atoms with Gasteiger partial charge in [-0.15, -0.1) is 0 Å². The largest absolute Gasteiger partial charge is 0.507 e. The Bertz CT molecular complexity index is 999. The molecule has 1 fully saturated rings. The highest BCUT2D eigenvalue weighted by atomic mass is 16.3. The van der Waals surface area contributed by atoms with Crippen molar-refractivity contribution in [2.75, 3.05) is 13.7 Å². The van der Waals surface area contributed by atoms with E-state index >= 15 is 0 Å². The van der Waals surface area contributed by atoms with Gasteiger partial charge in [0.05, 0.1) is 24.5 Å². The van der Waals surface area contributed by atoms with Crippen LogP contribution in [-0.4, -0.2) is 51.8 Å². The highest BCUT2D eigenvalue weighted by molar-refractivity contribution is 6.05. The number of benzene rings is 1. The average molecular weight is 470 g/mol. The molecule has 34 heavy (non-hydrogen) atoms. The normalized spacial score (nSPS) is 24.3. The van der Waals surface area contributed by atoms with Crippen LogP contribution in [0.2, 0.25) is 0 Å². The first-order valence-electron chi connectivity index (χ1n) is 12.3. The van der Waals surface area contributed by atoms with E-state index in [0.29, 0.717) is 25.0 Å². The van der Waals surface area contributed by atoms with Gasteiger partial charge in [-0.25, -0.2) is 0 Å². The number of allylic oxidation sites excluding steroid dienone is 2. The summed E-state index contributed by atoms with van der Waals surface area (Å²) in [6.07, 6.45) is 3.76. The highest BCUT2D eigenvalue weighted by Crippen LogP contribution is 2.47. The van der Waals surface area contributed by atoms with Crippen molar-refractivity contribution in [1.82, 2.24) is 4.90 Å². The summed E-state index contributed by atoms with van der Waals surface area (Å²) in [4.78, 5) is 26.7. The van der Waals surface area contributed by atoms with Crippen LogP contribution in [0.4, 0.5) is 0 Å². The van der Waals surface area contributed by atoms with Crippen molar-refractivity contribution >= 4 is 17.9 Å². The fourth-order valence-electron chi connectivity index (χ4n) is 5.74. The van der Waals surface area contributed by atoms with E-state index in [9.17, 15) is 24.9 Å². The number of imide groups is 1. The number of phenols is 1. The van der Waals surface area contributed by atoms with E-state index in [1.807, 2.05) is 39.8 Å². The molecule has 0 spiro atoms. The second kappa shape index (κ2) is 10.4. The first-order valence-corrected chi connectivity index (χ1v) is 12.3. The maximum absolute atomic E-state index is 12.8. The van der Waals surface area contributed by atoms with Crippen LogP contribution in [0.3, 0.4) is 0 Å². The van der Waals surface area contributed by atoms with Gasteiger partial charge in [0.15, 0.2) is 0 Å². The molecule has 0 unspecified atom stereocenters. The van der Waals surface area contributed by atoms with Gasteiger partial charge in [-0.2, -0.15) is 0 Å². The SMILES string of the molecule is CC/C(=C\c1cc(C)c(O)c(C)c1)CC[C@@H](O)C1=C(C(C)C)C[C@H]2C(=O)N(C)C(=O)[C@H]2[C@H]1CO. The van der Waals surface area contributed by atoms with Gasteiger partial charge in [-0.05, 0) is 79.8 Å². The molecule has 4 atom stereocenters. The number of hydrogen-bond acceptors (Lipinski definition) is 5. The van der Waals surface area contributed by atoms with Gasteiger partial charge >= 0.3 is 0 Å². The Morgan fingerprint density at radius 1 is 1.18 bits per heavy atom. The number of amides is 2. The molecule has 1 heterocycles. The highest BCUT2D eigenvalue weighted by Gasteiger charge is 2.53. The van der Waals surface area contributed by atoms with Crippen LogP contribution in [-0.2, 0) is 9.59 Å². The third-order valence-corrected chi connectivity index (χ3v) is 7.67. The Balaban J connectivity index is 1.87. The van der Waals surface area contributed by atoms with Gasteiger partial charge in [0.2, 0.25) is 11.8 Å². The summed E-state index contributed by atoms with van der Waals surface area (Å²) in [5.74, 6) is -1.60. The number of rotatable bonds is 8. The number of carbonyl (C=O) groups excluding carboxylic acids is 2. The molecule has 2 aliphatic rings. The van der Waals surface area contributed by atoms with Crippen molar-refractivity contribution in [1.29, 1.82) is 0 Å². The zero-order valence-corrected chi connectivity index (χ0v) is 21.3. The van der Waals surface area contributed by atoms with E-state index in [1.165, 1.54) is 17.5 Å². The zero-order chi connectivity index (χ0) is 25.3. The average Bonchev–Trinajstić information content (AvgIpc) is 3.02. The van der Waals surface area contributed by atoms with Gasteiger partial charge in [-0.1, -0.05) is 38.0 Å². The van der Waals surface area contributed by atoms with Crippen LogP contribution in [0, 0.1) is 37.5 Å². The Morgan fingerprint density at radius 3 is 2.32 bits per heavy atom. The first-order chi connectivity index (χ1) is 16.0. The molecule has 0 saturated carbocycles. The third kappa shape index (κ3) is 4.84. The second-order valence-corrected chi connectivity index (χ2v) is 10.2. The van der Waals surface area contributed by atoms with Gasteiger partial charge in [0.25, 0.3) is 0 Å². The fraction of sp³-hybridized carbons (Fsp3) is 0.571. The molecule has 3 N–H and O–H groups in total. The number of aromatic hydroxyl groups is 1. The maximum atomic E-state index is 12.8. The van der Waals surface area contributed by atoms with Crippen LogP contribution in [0.1, 0.15) is 63.1 Å². The molecule has 186 valence electrons. The number of hydrogen-bond donors (Lipinski definition) is 3. The predicted molar refractivity (Wildman–Crippen MR) is 133 cm³/mol. The number of likely N-dealkylation sites (tertiary alicyclic amines) is 1. The van der Waals surface area contributed by atoms with Gasteiger partial charge < -0.3 is 15.3 Å². The molecule has 6 heteroatoms. The van der Waals surface area contributed by atoms with E-state index in [-0.39, 0.29) is 24.3 Å². The molecule has 6 nitrogen and oxygen atoms in total. The summed E-state index contributed by atoms with van der Waals surface area (Å²) in [6, 6.07) is 3.91. The van der Waals surface area contributed by atoms with Crippen LogP contribution < -0.4 is 0 Å². The monoisotopic (exact) mass is 469 g/mol. The van der Waals surface area contributed by atoms with Crippen LogP contribution in [0.5, 0.6) is 5.75 Å². The summed E-state index contributed by atoms with van der Waals surface area (Å²) >= 11 is 0. The summed E-state index contributed by atoms with van der Waals surface area (Å²) in [7, 11) is 1.51. The third-order valence-electron chi connectivity index (χ3n) is 7.67. The van der Waals surface area contributed by atoms with Crippen molar-refractivity contribution < 1.29 is 24.9 Å². The van der Waals surface area contributed by atoms with Crippen LogP contribution >= 0.6 is 0 Å². The molecule has 3 rings (SSSR count). The van der Waals surface area contributed by atoms with Crippen molar-refractivity contribution in [2.45, 2.75) is 66.4 Å². The molecule has 1 saturated heterocycles. The zero-order valence-electron chi connectivity index (χ0n) is 21.3. The van der Waals surface area contributed by atoms with Crippen LogP contribution in [0.15, 0.2) is 28.9 Å². The van der Waals surface area contributed by atoms with E-state index in [1.54, 1.807) is 0 Å².